The van der Waals surface area contributed by atoms with E-state index in [0.29, 0.717) is 22.6 Å². The fourth-order valence-corrected chi connectivity index (χ4v) is 3.94. The third-order valence-electron chi connectivity index (χ3n) is 2.90. The lowest BCUT2D eigenvalue weighted by molar-refractivity contribution is 0.512. The van der Waals surface area contributed by atoms with Crippen molar-refractivity contribution in [3.05, 3.63) is 17.7 Å². The van der Waals surface area contributed by atoms with Gasteiger partial charge in [0.1, 0.15) is 11.5 Å². The van der Waals surface area contributed by atoms with Crippen LogP contribution in [0.1, 0.15) is 12.5 Å². The van der Waals surface area contributed by atoms with Gasteiger partial charge in [-0.15, -0.1) is 0 Å². The largest absolute Gasteiger partial charge is 0.243 e. The smallest absolute Gasteiger partial charge is 0.162 e. The molecule has 0 amide bonds. The van der Waals surface area contributed by atoms with E-state index in [9.17, 15) is 8.42 Å². The number of sulfone groups is 1. The van der Waals surface area contributed by atoms with E-state index < -0.39 is 9.84 Å². The highest BCUT2D eigenvalue weighted by atomic mass is 35.5. The molecule has 1 unspecified atom stereocenters. The first kappa shape index (κ1) is 10.9. The monoisotopic (exact) mass is 272 g/mol. The summed E-state index contributed by atoms with van der Waals surface area (Å²) in [4.78, 5) is 7.96. The first-order chi connectivity index (χ1) is 8.07. The van der Waals surface area contributed by atoms with Gasteiger partial charge in [-0.2, -0.15) is 5.10 Å². The molecule has 0 spiro atoms. The highest BCUT2D eigenvalue weighted by molar-refractivity contribution is 7.91. The van der Waals surface area contributed by atoms with E-state index in [2.05, 4.69) is 15.1 Å². The van der Waals surface area contributed by atoms with Gasteiger partial charge in [-0.05, 0) is 6.42 Å². The summed E-state index contributed by atoms with van der Waals surface area (Å²) in [6.45, 7) is 0. The summed E-state index contributed by atoms with van der Waals surface area (Å²) < 4.78 is 24.5. The summed E-state index contributed by atoms with van der Waals surface area (Å²) >= 11 is 5.91. The zero-order valence-electron chi connectivity index (χ0n) is 8.74. The molecule has 0 saturated carbocycles. The maximum Gasteiger partial charge on any atom is 0.162 e. The van der Waals surface area contributed by atoms with Crippen LogP contribution >= 0.6 is 11.6 Å². The molecule has 2 aromatic rings. The number of rotatable bonds is 1. The van der Waals surface area contributed by atoms with E-state index in [1.165, 1.54) is 6.33 Å². The number of nitrogens with zero attached hydrogens (tertiary/aromatic N) is 4. The molecule has 1 saturated heterocycles. The molecule has 3 rings (SSSR count). The van der Waals surface area contributed by atoms with Crippen molar-refractivity contribution in [2.24, 2.45) is 0 Å². The van der Waals surface area contributed by atoms with E-state index in [-0.39, 0.29) is 17.5 Å². The van der Waals surface area contributed by atoms with Crippen LogP contribution in [0.3, 0.4) is 0 Å². The summed E-state index contributed by atoms with van der Waals surface area (Å²) in [6, 6.07) is -0.150. The van der Waals surface area contributed by atoms with Crippen molar-refractivity contribution in [3.63, 3.8) is 0 Å². The number of halogens is 1. The fourth-order valence-electron chi connectivity index (χ4n) is 2.07. The Hall–Kier alpha value is -1.21. The molecular formula is C9H9ClN4O2S. The van der Waals surface area contributed by atoms with Crippen molar-refractivity contribution in [3.8, 4) is 0 Å². The minimum Gasteiger partial charge on any atom is -0.243 e. The molecule has 6 nitrogen and oxygen atoms in total. The van der Waals surface area contributed by atoms with E-state index >= 15 is 0 Å². The van der Waals surface area contributed by atoms with E-state index in [1.807, 2.05) is 0 Å². The van der Waals surface area contributed by atoms with Crippen LogP contribution in [0.25, 0.3) is 11.0 Å². The Morgan fingerprint density at radius 3 is 2.94 bits per heavy atom. The van der Waals surface area contributed by atoms with Crippen molar-refractivity contribution in [2.45, 2.75) is 12.5 Å². The van der Waals surface area contributed by atoms with Crippen LogP contribution in [0.15, 0.2) is 12.5 Å². The average molecular weight is 273 g/mol. The average Bonchev–Trinajstić information content (AvgIpc) is 2.82. The van der Waals surface area contributed by atoms with E-state index in [1.54, 1.807) is 10.9 Å². The summed E-state index contributed by atoms with van der Waals surface area (Å²) in [5.41, 5.74) is 0.590. The summed E-state index contributed by atoms with van der Waals surface area (Å²) in [6.07, 6.45) is 3.50. The van der Waals surface area contributed by atoms with Gasteiger partial charge in [-0.25, -0.2) is 23.1 Å². The normalized spacial score (nSPS) is 23.2. The molecular weight excluding hydrogens is 264 g/mol. The second-order valence-electron chi connectivity index (χ2n) is 4.05. The van der Waals surface area contributed by atoms with Gasteiger partial charge in [-0.3, -0.25) is 0 Å². The molecule has 2 aromatic heterocycles. The Labute approximate surface area is 103 Å². The highest BCUT2D eigenvalue weighted by Gasteiger charge is 2.31. The van der Waals surface area contributed by atoms with Crippen molar-refractivity contribution in [1.29, 1.82) is 0 Å². The molecule has 17 heavy (non-hydrogen) atoms. The minimum absolute atomic E-state index is 0.116. The van der Waals surface area contributed by atoms with Crippen LogP contribution < -0.4 is 0 Å². The standard InChI is InChI=1S/C9H9ClN4O2S/c10-8-7-3-13-14(9(7)12-5-11-8)6-1-2-17(15,16)4-6/h3,5-6H,1-2,4H2. The van der Waals surface area contributed by atoms with Crippen molar-refractivity contribution >= 4 is 32.5 Å². The zero-order valence-corrected chi connectivity index (χ0v) is 10.3. The molecule has 1 aliphatic rings. The quantitative estimate of drug-likeness (QED) is 0.719. The predicted molar refractivity (Wildman–Crippen MR) is 62.6 cm³/mol. The molecule has 1 aliphatic heterocycles. The number of fused-ring (bicyclic) bond motifs is 1. The van der Waals surface area contributed by atoms with Crippen LogP contribution in [0.2, 0.25) is 5.15 Å². The van der Waals surface area contributed by atoms with Gasteiger partial charge < -0.3 is 0 Å². The SMILES string of the molecule is O=S1(=O)CCC(n2ncc3c(Cl)ncnc32)C1. The van der Waals surface area contributed by atoms with Gasteiger partial charge in [-0.1, -0.05) is 11.6 Å². The van der Waals surface area contributed by atoms with Gasteiger partial charge in [0.25, 0.3) is 0 Å². The molecule has 0 aromatic carbocycles. The second kappa shape index (κ2) is 3.64. The third kappa shape index (κ3) is 1.79. The van der Waals surface area contributed by atoms with Crippen molar-refractivity contribution in [2.75, 3.05) is 11.5 Å². The molecule has 1 fully saturated rings. The number of hydrogen-bond acceptors (Lipinski definition) is 5. The van der Waals surface area contributed by atoms with Gasteiger partial charge in [0.05, 0.1) is 29.1 Å². The molecule has 0 bridgehead atoms. The van der Waals surface area contributed by atoms with Gasteiger partial charge >= 0.3 is 0 Å². The maximum absolute atomic E-state index is 11.4. The number of hydrogen-bond donors (Lipinski definition) is 0. The van der Waals surface area contributed by atoms with Gasteiger partial charge in [0.15, 0.2) is 15.5 Å². The maximum atomic E-state index is 11.4. The molecule has 90 valence electrons. The Balaban J connectivity index is 2.11. The first-order valence-electron chi connectivity index (χ1n) is 5.11. The van der Waals surface area contributed by atoms with Gasteiger partial charge in [0, 0.05) is 0 Å². The molecule has 0 radical (unpaired) electrons. The molecule has 1 atom stereocenters. The number of aromatic nitrogens is 4. The summed E-state index contributed by atoms with van der Waals surface area (Å²) in [5.74, 6) is 0.323. The van der Waals surface area contributed by atoms with Crippen LogP contribution in [0.5, 0.6) is 0 Å². The van der Waals surface area contributed by atoms with Crippen LogP contribution in [0, 0.1) is 0 Å². The van der Waals surface area contributed by atoms with Crippen LogP contribution in [0.4, 0.5) is 0 Å². The molecule has 3 heterocycles. The molecule has 8 heteroatoms. The highest BCUT2D eigenvalue weighted by Crippen LogP contribution is 2.27. The summed E-state index contributed by atoms with van der Waals surface area (Å²) in [7, 11) is -2.94. The summed E-state index contributed by atoms with van der Waals surface area (Å²) in [5, 5.41) is 5.16. The van der Waals surface area contributed by atoms with Gasteiger partial charge in [0.2, 0.25) is 0 Å². The molecule has 0 N–H and O–H groups in total. The first-order valence-corrected chi connectivity index (χ1v) is 7.31. The Morgan fingerprint density at radius 1 is 1.41 bits per heavy atom. The van der Waals surface area contributed by atoms with Crippen LogP contribution in [-0.4, -0.2) is 39.7 Å². The lowest BCUT2D eigenvalue weighted by atomic mass is 10.3. The third-order valence-corrected chi connectivity index (χ3v) is 4.95. The minimum atomic E-state index is -2.94. The topological polar surface area (TPSA) is 77.7 Å². The predicted octanol–water partition coefficient (Wildman–Crippen LogP) is 0.839. The lowest BCUT2D eigenvalue weighted by Crippen LogP contribution is -2.12. The lowest BCUT2D eigenvalue weighted by Gasteiger charge is -2.08. The molecule has 0 aliphatic carbocycles. The van der Waals surface area contributed by atoms with Crippen molar-refractivity contribution in [1.82, 2.24) is 19.7 Å². The van der Waals surface area contributed by atoms with Crippen LogP contribution in [-0.2, 0) is 9.84 Å². The zero-order chi connectivity index (χ0) is 12.0. The van der Waals surface area contributed by atoms with E-state index in [0.717, 1.165) is 0 Å². The van der Waals surface area contributed by atoms with E-state index in [4.69, 9.17) is 11.6 Å². The Bertz CT molecular complexity index is 681. The second-order valence-corrected chi connectivity index (χ2v) is 6.63. The van der Waals surface area contributed by atoms with Crippen molar-refractivity contribution < 1.29 is 8.42 Å². The fraction of sp³-hybridized carbons (Fsp3) is 0.444. The Morgan fingerprint density at radius 2 is 2.24 bits per heavy atom. The Kier molecular flexibility index (Phi) is 2.34.